The quantitative estimate of drug-likeness (QED) is 0.642. The standard InChI is InChI=1S/C20H31N3O4/c1-7-13(2)19(20(26)27-6)22-18(25)12-23(5)11-17(24)21-16-10-8-9-14(3)15(16)4/h8-10,13,19H,7,11-12H2,1-6H3,(H,21,24)(H,22,25)/t13-,19+/m0/s1. The molecule has 0 heterocycles. The highest BCUT2D eigenvalue weighted by molar-refractivity contribution is 5.93. The van der Waals surface area contributed by atoms with Gasteiger partial charge >= 0.3 is 5.97 Å². The summed E-state index contributed by atoms with van der Waals surface area (Å²) in [5.74, 6) is -1.04. The van der Waals surface area contributed by atoms with E-state index in [1.54, 1.807) is 11.9 Å². The van der Waals surface area contributed by atoms with Gasteiger partial charge < -0.3 is 15.4 Å². The van der Waals surface area contributed by atoms with Crippen LogP contribution in [0.5, 0.6) is 0 Å². The van der Waals surface area contributed by atoms with Gasteiger partial charge in [0.15, 0.2) is 0 Å². The first-order valence-electron chi connectivity index (χ1n) is 9.11. The first kappa shape index (κ1) is 22.6. The van der Waals surface area contributed by atoms with Crippen molar-refractivity contribution in [2.24, 2.45) is 5.92 Å². The van der Waals surface area contributed by atoms with E-state index >= 15 is 0 Å². The van der Waals surface area contributed by atoms with Crippen molar-refractivity contribution in [3.8, 4) is 0 Å². The highest BCUT2D eigenvalue weighted by Crippen LogP contribution is 2.17. The van der Waals surface area contributed by atoms with Crippen LogP contribution >= 0.6 is 0 Å². The minimum Gasteiger partial charge on any atom is -0.467 e. The molecule has 7 nitrogen and oxygen atoms in total. The van der Waals surface area contributed by atoms with Crippen LogP contribution in [0.25, 0.3) is 0 Å². The minimum atomic E-state index is -0.690. The Bertz CT molecular complexity index is 675. The average molecular weight is 377 g/mol. The third-order valence-electron chi connectivity index (χ3n) is 4.69. The van der Waals surface area contributed by atoms with E-state index in [9.17, 15) is 14.4 Å². The molecule has 7 heteroatoms. The summed E-state index contributed by atoms with van der Waals surface area (Å²) in [5, 5.41) is 5.57. The number of carbonyl (C=O) groups is 3. The molecule has 0 aromatic heterocycles. The molecule has 0 spiro atoms. The second-order valence-electron chi connectivity index (χ2n) is 6.92. The zero-order valence-electron chi connectivity index (χ0n) is 17.1. The molecular formula is C20H31N3O4. The number of likely N-dealkylation sites (N-methyl/N-ethyl adjacent to an activating group) is 1. The average Bonchev–Trinajstić information content (AvgIpc) is 2.61. The Labute approximate surface area is 161 Å². The van der Waals surface area contributed by atoms with Gasteiger partial charge in [-0.25, -0.2) is 4.79 Å². The molecular weight excluding hydrogens is 346 g/mol. The fourth-order valence-electron chi connectivity index (χ4n) is 2.64. The van der Waals surface area contributed by atoms with Gasteiger partial charge in [-0.3, -0.25) is 14.5 Å². The molecule has 1 rings (SSSR count). The van der Waals surface area contributed by atoms with E-state index in [0.29, 0.717) is 0 Å². The Hall–Kier alpha value is -2.41. The summed E-state index contributed by atoms with van der Waals surface area (Å²) in [6.07, 6.45) is 0.730. The van der Waals surface area contributed by atoms with Gasteiger partial charge in [-0.15, -0.1) is 0 Å². The number of carbonyl (C=O) groups excluding carboxylic acids is 3. The maximum atomic E-state index is 12.3. The van der Waals surface area contributed by atoms with Gasteiger partial charge in [-0.05, 0) is 44.0 Å². The highest BCUT2D eigenvalue weighted by Gasteiger charge is 2.27. The largest absolute Gasteiger partial charge is 0.467 e. The summed E-state index contributed by atoms with van der Waals surface area (Å²) < 4.78 is 4.76. The van der Waals surface area contributed by atoms with Crippen LogP contribution in [0.2, 0.25) is 0 Å². The molecule has 0 fully saturated rings. The topological polar surface area (TPSA) is 87.7 Å². The van der Waals surface area contributed by atoms with Crippen LogP contribution in [0.3, 0.4) is 0 Å². The zero-order valence-corrected chi connectivity index (χ0v) is 17.1. The van der Waals surface area contributed by atoms with E-state index in [4.69, 9.17) is 4.74 Å². The highest BCUT2D eigenvalue weighted by atomic mass is 16.5. The van der Waals surface area contributed by atoms with Crippen LogP contribution in [-0.2, 0) is 19.1 Å². The number of hydrogen-bond donors (Lipinski definition) is 2. The van der Waals surface area contributed by atoms with Crippen LogP contribution in [0.4, 0.5) is 5.69 Å². The lowest BCUT2D eigenvalue weighted by atomic mass is 9.99. The van der Waals surface area contributed by atoms with Crippen molar-refractivity contribution in [2.75, 3.05) is 32.6 Å². The SMILES string of the molecule is CC[C@H](C)[C@@H](NC(=O)CN(C)CC(=O)Nc1cccc(C)c1C)C(=O)OC. The normalized spacial score (nSPS) is 13.0. The lowest BCUT2D eigenvalue weighted by molar-refractivity contribution is -0.146. The monoisotopic (exact) mass is 377 g/mol. The summed E-state index contributed by atoms with van der Waals surface area (Å²) in [6, 6.07) is 5.03. The molecule has 27 heavy (non-hydrogen) atoms. The summed E-state index contributed by atoms with van der Waals surface area (Å²) in [4.78, 5) is 37.9. The van der Waals surface area contributed by atoms with Gasteiger partial charge in [0.25, 0.3) is 0 Å². The second-order valence-corrected chi connectivity index (χ2v) is 6.92. The zero-order chi connectivity index (χ0) is 20.6. The molecule has 1 aromatic carbocycles. The number of methoxy groups -OCH3 is 1. The number of rotatable bonds is 9. The maximum absolute atomic E-state index is 12.3. The summed E-state index contributed by atoms with van der Waals surface area (Å²) in [7, 11) is 2.98. The third kappa shape index (κ3) is 7.02. The molecule has 0 bridgehead atoms. The van der Waals surface area contributed by atoms with Crippen LogP contribution in [0.1, 0.15) is 31.4 Å². The molecule has 0 radical (unpaired) electrons. The lowest BCUT2D eigenvalue weighted by Crippen LogP contribution is -2.49. The van der Waals surface area contributed by atoms with E-state index in [1.807, 2.05) is 45.9 Å². The summed E-state index contributed by atoms with van der Waals surface area (Å²) in [5.41, 5.74) is 2.88. The van der Waals surface area contributed by atoms with E-state index in [2.05, 4.69) is 10.6 Å². The van der Waals surface area contributed by atoms with Crippen LogP contribution < -0.4 is 10.6 Å². The fourth-order valence-corrected chi connectivity index (χ4v) is 2.64. The number of amides is 2. The van der Waals surface area contributed by atoms with Crippen LogP contribution in [-0.4, -0.2) is 56.0 Å². The van der Waals surface area contributed by atoms with Crippen molar-refractivity contribution in [2.45, 2.75) is 40.2 Å². The number of hydrogen-bond acceptors (Lipinski definition) is 5. The van der Waals surface area contributed by atoms with Gasteiger partial charge in [0.2, 0.25) is 11.8 Å². The van der Waals surface area contributed by atoms with E-state index < -0.39 is 12.0 Å². The van der Waals surface area contributed by atoms with Crippen molar-refractivity contribution >= 4 is 23.5 Å². The Morgan fingerprint density at radius 2 is 1.78 bits per heavy atom. The van der Waals surface area contributed by atoms with Crippen LogP contribution in [0, 0.1) is 19.8 Å². The Kier molecular flexibility index (Phi) is 8.94. The predicted molar refractivity (Wildman–Crippen MR) is 105 cm³/mol. The van der Waals surface area contributed by atoms with Gasteiger partial charge in [0, 0.05) is 5.69 Å². The molecule has 0 aliphatic carbocycles. The molecule has 0 aliphatic rings. The van der Waals surface area contributed by atoms with E-state index in [-0.39, 0.29) is 30.8 Å². The van der Waals surface area contributed by atoms with Crippen molar-refractivity contribution < 1.29 is 19.1 Å². The summed E-state index contributed by atoms with van der Waals surface area (Å²) >= 11 is 0. The molecule has 0 saturated carbocycles. The van der Waals surface area contributed by atoms with Gasteiger partial charge in [0.05, 0.1) is 20.2 Å². The van der Waals surface area contributed by atoms with Gasteiger partial charge in [-0.1, -0.05) is 32.4 Å². The predicted octanol–water partition coefficient (Wildman–Crippen LogP) is 1.88. The maximum Gasteiger partial charge on any atom is 0.328 e. The smallest absolute Gasteiger partial charge is 0.328 e. The van der Waals surface area contributed by atoms with Crippen LogP contribution in [0.15, 0.2) is 18.2 Å². The molecule has 0 saturated heterocycles. The van der Waals surface area contributed by atoms with Gasteiger partial charge in [0.1, 0.15) is 6.04 Å². The number of aryl methyl sites for hydroxylation is 1. The summed E-state index contributed by atoms with van der Waals surface area (Å²) in [6.45, 7) is 7.82. The Balaban J connectivity index is 2.58. The number of nitrogens with zero attached hydrogens (tertiary/aromatic N) is 1. The minimum absolute atomic E-state index is 0.00412. The number of benzene rings is 1. The Morgan fingerprint density at radius 1 is 1.15 bits per heavy atom. The number of nitrogens with one attached hydrogen (secondary N) is 2. The molecule has 2 atom stereocenters. The first-order chi connectivity index (χ1) is 12.7. The van der Waals surface area contributed by atoms with Crippen molar-refractivity contribution in [1.82, 2.24) is 10.2 Å². The number of anilines is 1. The molecule has 1 aromatic rings. The second kappa shape index (κ2) is 10.7. The van der Waals surface area contributed by atoms with Crippen molar-refractivity contribution in [3.05, 3.63) is 29.3 Å². The van der Waals surface area contributed by atoms with Crippen molar-refractivity contribution in [3.63, 3.8) is 0 Å². The van der Waals surface area contributed by atoms with Crippen molar-refractivity contribution in [1.29, 1.82) is 0 Å². The molecule has 2 amide bonds. The molecule has 0 unspecified atom stereocenters. The van der Waals surface area contributed by atoms with E-state index in [1.165, 1.54) is 7.11 Å². The number of ether oxygens (including phenoxy) is 1. The van der Waals surface area contributed by atoms with Gasteiger partial charge in [-0.2, -0.15) is 0 Å². The fraction of sp³-hybridized carbons (Fsp3) is 0.550. The third-order valence-corrected chi connectivity index (χ3v) is 4.69. The molecule has 0 aliphatic heterocycles. The first-order valence-corrected chi connectivity index (χ1v) is 9.11. The lowest BCUT2D eigenvalue weighted by Gasteiger charge is -2.23. The molecule has 150 valence electrons. The number of esters is 1. The Morgan fingerprint density at radius 3 is 2.37 bits per heavy atom. The van der Waals surface area contributed by atoms with E-state index in [0.717, 1.165) is 23.2 Å². The molecule has 2 N–H and O–H groups in total.